The molecule has 2 aliphatic rings. The number of hydrogen-bond donors (Lipinski definition) is 1. The summed E-state index contributed by atoms with van der Waals surface area (Å²) in [7, 11) is 1.37. The molecule has 2 atom stereocenters. The minimum Gasteiger partial charge on any atom is -0.469 e. The summed E-state index contributed by atoms with van der Waals surface area (Å²) in [4.78, 5) is 29.0. The van der Waals surface area contributed by atoms with Crippen molar-refractivity contribution in [2.45, 2.75) is 59.3 Å². The highest BCUT2D eigenvalue weighted by atomic mass is 16.6. The molecule has 27 heavy (non-hydrogen) atoms. The van der Waals surface area contributed by atoms with Gasteiger partial charge in [0, 0.05) is 17.0 Å². The Balaban J connectivity index is 1.85. The van der Waals surface area contributed by atoms with Crippen LogP contribution in [0.25, 0.3) is 0 Å². The lowest BCUT2D eigenvalue weighted by atomic mass is 9.82. The van der Waals surface area contributed by atoms with Crippen LogP contribution in [0.4, 0.5) is 0 Å². The van der Waals surface area contributed by atoms with Gasteiger partial charge in [-0.3, -0.25) is 19.9 Å². The predicted molar refractivity (Wildman–Crippen MR) is 106 cm³/mol. The molecule has 0 spiro atoms. The van der Waals surface area contributed by atoms with Crippen LogP contribution in [-0.2, 0) is 19.2 Å². The quantitative estimate of drug-likeness (QED) is 0.253. The van der Waals surface area contributed by atoms with Gasteiger partial charge in [0.1, 0.15) is 0 Å². The number of hydroxylamine groups is 1. The van der Waals surface area contributed by atoms with Gasteiger partial charge in [-0.1, -0.05) is 51.8 Å². The number of carbonyl (C=O) groups is 2. The van der Waals surface area contributed by atoms with Crippen molar-refractivity contribution in [3.8, 4) is 0 Å². The Kier molecular flexibility index (Phi) is 7.84. The molecular formula is C22H33NO4. The van der Waals surface area contributed by atoms with E-state index in [0.29, 0.717) is 11.8 Å². The molecule has 0 aromatic heterocycles. The molecule has 150 valence electrons. The van der Waals surface area contributed by atoms with Crippen molar-refractivity contribution < 1.29 is 19.2 Å². The first-order valence-corrected chi connectivity index (χ1v) is 9.95. The maximum absolute atomic E-state index is 12.5. The van der Waals surface area contributed by atoms with Gasteiger partial charge in [-0.15, -0.1) is 0 Å². The smallest absolute Gasteiger partial charge is 0.307 e. The molecule has 0 aromatic rings. The van der Waals surface area contributed by atoms with E-state index in [1.807, 2.05) is 19.9 Å². The van der Waals surface area contributed by atoms with Crippen LogP contribution in [0, 0.1) is 17.3 Å². The summed E-state index contributed by atoms with van der Waals surface area (Å²) in [6.45, 7) is 6.50. The Morgan fingerprint density at radius 1 is 1.37 bits per heavy atom. The highest BCUT2D eigenvalue weighted by molar-refractivity contribution is 5.94. The molecular weight excluding hydrogens is 342 g/mol. The van der Waals surface area contributed by atoms with Gasteiger partial charge in [-0.25, -0.2) is 0 Å². The standard InChI is InChI=1S/C22H33NO4/c1-5-6-12-22(2,3)20(24)10-9-16-7-8-17-14-18(15-19(16)17)23-27-13-11-21(25)26-4/h7,9-10,15,17,19,23H,5-6,8,11-14H2,1-4H3/t17-,19+/m1/s1. The number of unbranched alkanes of at least 4 members (excludes halogenated alkanes) is 1. The molecule has 2 aliphatic carbocycles. The summed E-state index contributed by atoms with van der Waals surface area (Å²) >= 11 is 0. The van der Waals surface area contributed by atoms with E-state index in [2.05, 4.69) is 29.3 Å². The zero-order chi connectivity index (χ0) is 19.9. The van der Waals surface area contributed by atoms with Crippen molar-refractivity contribution in [2.24, 2.45) is 17.3 Å². The lowest BCUT2D eigenvalue weighted by Gasteiger charge is -2.21. The van der Waals surface area contributed by atoms with Crippen LogP contribution in [0.2, 0.25) is 0 Å². The van der Waals surface area contributed by atoms with Gasteiger partial charge in [-0.2, -0.15) is 0 Å². The zero-order valence-corrected chi connectivity index (χ0v) is 17.0. The molecule has 5 heteroatoms. The molecule has 0 heterocycles. The van der Waals surface area contributed by atoms with Crippen LogP contribution in [0.3, 0.4) is 0 Å². The van der Waals surface area contributed by atoms with E-state index in [-0.39, 0.29) is 30.2 Å². The third-order valence-corrected chi connectivity index (χ3v) is 5.50. The molecule has 0 aromatic carbocycles. The van der Waals surface area contributed by atoms with Crippen molar-refractivity contribution in [2.75, 3.05) is 13.7 Å². The Bertz CT molecular complexity index is 630. The van der Waals surface area contributed by atoms with Crippen LogP contribution in [0.1, 0.15) is 59.3 Å². The van der Waals surface area contributed by atoms with Crippen molar-refractivity contribution in [3.05, 3.63) is 35.6 Å². The van der Waals surface area contributed by atoms with Crippen LogP contribution in [-0.4, -0.2) is 25.5 Å². The lowest BCUT2D eigenvalue weighted by molar-refractivity contribution is -0.142. The van der Waals surface area contributed by atoms with E-state index in [4.69, 9.17) is 4.84 Å². The van der Waals surface area contributed by atoms with Crippen LogP contribution in [0.15, 0.2) is 35.6 Å². The van der Waals surface area contributed by atoms with Crippen molar-refractivity contribution in [1.82, 2.24) is 5.48 Å². The Morgan fingerprint density at radius 2 is 2.15 bits per heavy atom. The third-order valence-electron chi connectivity index (χ3n) is 5.50. The average Bonchev–Trinajstić information content (AvgIpc) is 3.21. The first-order valence-electron chi connectivity index (χ1n) is 9.95. The van der Waals surface area contributed by atoms with Gasteiger partial charge in [0.2, 0.25) is 0 Å². The molecule has 0 bridgehead atoms. The number of methoxy groups -OCH3 is 1. The van der Waals surface area contributed by atoms with Gasteiger partial charge in [0.25, 0.3) is 0 Å². The van der Waals surface area contributed by atoms with Gasteiger partial charge in [0.05, 0.1) is 20.1 Å². The zero-order valence-electron chi connectivity index (χ0n) is 17.0. The molecule has 1 N–H and O–H groups in total. The predicted octanol–water partition coefficient (Wildman–Crippen LogP) is 4.26. The molecule has 0 radical (unpaired) electrons. The second-order valence-electron chi connectivity index (χ2n) is 8.08. The first-order chi connectivity index (χ1) is 12.9. The topological polar surface area (TPSA) is 64.6 Å². The average molecular weight is 376 g/mol. The van der Waals surface area contributed by atoms with E-state index in [9.17, 15) is 9.59 Å². The van der Waals surface area contributed by atoms with Gasteiger partial charge >= 0.3 is 5.97 Å². The highest BCUT2D eigenvalue weighted by Gasteiger charge is 2.33. The maximum atomic E-state index is 12.5. The summed E-state index contributed by atoms with van der Waals surface area (Å²) in [5.41, 5.74) is 4.92. The number of ether oxygens (including phenoxy) is 1. The number of ketones is 1. The van der Waals surface area contributed by atoms with Gasteiger partial charge in [-0.05, 0) is 36.8 Å². The molecule has 0 fully saturated rings. The van der Waals surface area contributed by atoms with Crippen molar-refractivity contribution >= 4 is 11.8 Å². The monoisotopic (exact) mass is 375 g/mol. The molecule has 0 saturated carbocycles. The number of esters is 1. The lowest BCUT2D eigenvalue weighted by Crippen LogP contribution is -2.22. The number of rotatable bonds is 11. The summed E-state index contributed by atoms with van der Waals surface area (Å²) in [5.74, 6) is 0.779. The van der Waals surface area contributed by atoms with E-state index in [1.165, 1.54) is 12.7 Å². The number of allylic oxidation sites excluding steroid dienone is 6. The largest absolute Gasteiger partial charge is 0.469 e. The SMILES string of the molecule is CCCCC(C)(C)C(=O)C=CC1=CC[C@@H]2CC(NOCCC(=O)OC)=C[C@@H]12. The fourth-order valence-electron chi connectivity index (χ4n) is 3.63. The Labute approximate surface area is 162 Å². The number of carbonyl (C=O) groups excluding carboxylic acids is 2. The maximum Gasteiger partial charge on any atom is 0.307 e. The third kappa shape index (κ3) is 6.06. The summed E-state index contributed by atoms with van der Waals surface area (Å²) in [5, 5.41) is 0. The first kappa shape index (κ1) is 21.4. The second-order valence-corrected chi connectivity index (χ2v) is 8.08. The molecule has 0 aliphatic heterocycles. The van der Waals surface area contributed by atoms with Crippen LogP contribution in [0.5, 0.6) is 0 Å². The number of hydrogen-bond acceptors (Lipinski definition) is 5. The Morgan fingerprint density at radius 3 is 2.85 bits per heavy atom. The van der Waals surface area contributed by atoms with Gasteiger partial charge in [0.15, 0.2) is 5.78 Å². The van der Waals surface area contributed by atoms with Crippen LogP contribution >= 0.6 is 0 Å². The number of fused-ring (bicyclic) bond motifs is 1. The van der Waals surface area contributed by atoms with Gasteiger partial charge < -0.3 is 4.74 Å². The minimum atomic E-state index is -0.295. The fourth-order valence-corrected chi connectivity index (χ4v) is 3.63. The molecule has 0 unspecified atom stereocenters. The normalized spacial score (nSPS) is 21.8. The van der Waals surface area contributed by atoms with E-state index in [1.54, 1.807) is 6.08 Å². The van der Waals surface area contributed by atoms with E-state index >= 15 is 0 Å². The second kappa shape index (κ2) is 9.88. The molecule has 0 saturated heterocycles. The molecule has 2 rings (SSSR count). The number of nitrogens with one attached hydrogen (secondary N) is 1. The highest BCUT2D eigenvalue weighted by Crippen LogP contribution is 2.42. The molecule has 0 amide bonds. The van der Waals surface area contributed by atoms with Crippen molar-refractivity contribution in [3.63, 3.8) is 0 Å². The summed E-state index contributed by atoms with van der Waals surface area (Å²) < 4.78 is 4.58. The summed E-state index contributed by atoms with van der Waals surface area (Å²) in [6.07, 6.45) is 13.5. The fraction of sp³-hybridized carbons (Fsp3) is 0.636. The minimum absolute atomic E-state index is 0.201. The van der Waals surface area contributed by atoms with Crippen molar-refractivity contribution in [1.29, 1.82) is 0 Å². The van der Waals surface area contributed by atoms with Crippen LogP contribution < -0.4 is 5.48 Å². The Hall–Kier alpha value is -1.88. The summed E-state index contributed by atoms with van der Waals surface area (Å²) in [6, 6.07) is 0. The van der Waals surface area contributed by atoms with E-state index in [0.717, 1.165) is 37.8 Å². The molecule has 5 nitrogen and oxygen atoms in total. The van der Waals surface area contributed by atoms with E-state index < -0.39 is 0 Å².